The first-order valence-electron chi connectivity index (χ1n) is 14.4. The normalized spacial score (nSPS) is 11.5. The second-order valence-corrected chi connectivity index (χ2v) is 10.8. The fourth-order valence-corrected chi connectivity index (χ4v) is 6.53. The topological polar surface area (TPSA) is 17.8 Å². The number of aromatic nitrogens is 2. The molecule has 8 rings (SSSR count). The van der Waals surface area contributed by atoms with Crippen molar-refractivity contribution in [3.05, 3.63) is 157 Å². The predicted molar refractivity (Wildman–Crippen MR) is 177 cm³/mol. The van der Waals surface area contributed by atoms with Crippen molar-refractivity contribution in [2.24, 2.45) is 0 Å². The zero-order chi connectivity index (χ0) is 28.0. The van der Waals surface area contributed by atoms with Crippen LogP contribution in [0.3, 0.4) is 0 Å². The molecule has 42 heavy (non-hydrogen) atoms. The van der Waals surface area contributed by atoms with Crippen LogP contribution in [-0.4, -0.2) is 9.55 Å². The molecule has 0 saturated carbocycles. The van der Waals surface area contributed by atoms with Crippen LogP contribution in [0.5, 0.6) is 0 Å². The molecule has 0 aliphatic heterocycles. The van der Waals surface area contributed by atoms with E-state index in [4.69, 9.17) is 4.98 Å². The molecule has 1 heterocycles. The van der Waals surface area contributed by atoms with Gasteiger partial charge in [0.05, 0.1) is 16.7 Å². The lowest BCUT2D eigenvalue weighted by Gasteiger charge is -2.21. The van der Waals surface area contributed by atoms with Gasteiger partial charge in [-0.15, -0.1) is 0 Å². The summed E-state index contributed by atoms with van der Waals surface area (Å²) in [5.74, 6) is 0.976. The summed E-state index contributed by atoms with van der Waals surface area (Å²) in [6.45, 7) is 2.09. The molecule has 0 spiro atoms. The Morgan fingerprint density at radius 1 is 0.452 bits per heavy atom. The van der Waals surface area contributed by atoms with E-state index in [1.807, 2.05) is 0 Å². The molecule has 0 N–H and O–H groups in total. The fourth-order valence-electron chi connectivity index (χ4n) is 6.53. The van der Waals surface area contributed by atoms with Crippen LogP contribution in [0.4, 0.5) is 0 Å². The maximum absolute atomic E-state index is 4.91. The number of rotatable bonds is 4. The molecule has 8 aromatic rings. The molecule has 2 nitrogen and oxygen atoms in total. The number of hydrogen-bond donors (Lipinski definition) is 0. The zero-order valence-corrected chi connectivity index (χ0v) is 23.3. The molecule has 0 aliphatic carbocycles. The van der Waals surface area contributed by atoms with Gasteiger partial charge < -0.3 is 0 Å². The van der Waals surface area contributed by atoms with Crippen molar-refractivity contribution in [2.75, 3.05) is 0 Å². The largest absolute Gasteiger partial charge is 0.296 e. The zero-order valence-electron chi connectivity index (χ0n) is 23.3. The minimum absolute atomic E-state index is 0.976. The summed E-state index contributed by atoms with van der Waals surface area (Å²) in [7, 11) is 0. The highest BCUT2D eigenvalue weighted by Gasteiger charge is 2.20. The smallest absolute Gasteiger partial charge is 0.111 e. The lowest BCUT2D eigenvalue weighted by molar-refractivity contribution is 1.00. The molecular formula is C40H28N2. The Balaban J connectivity index is 1.52. The van der Waals surface area contributed by atoms with Crippen LogP contribution in [0, 0.1) is 6.92 Å². The number of benzene rings is 7. The third-order valence-corrected chi connectivity index (χ3v) is 8.34. The van der Waals surface area contributed by atoms with Crippen LogP contribution in [0.2, 0.25) is 0 Å². The van der Waals surface area contributed by atoms with Gasteiger partial charge in [0, 0.05) is 5.56 Å². The van der Waals surface area contributed by atoms with E-state index in [1.54, 1.807) is 0 Å². The summed E-state index contributed by atoms with van der Waals surface area (Å²) < 4.78 is 2.30. The minimum Gasteiger partial charge on any atom is -0.296 e. The summed E-state index contributed by atoms with van der Waals surface area (Å²) in [5.41, 5.74) is 10.6. The van der Waals surface area contributed by atoms with E-state index in [9.17, 15) is 0 Å². The van der Waals surface area contributed by atoms with Crippen molar-refractivity contribution in [3.63, 3.8) is 0 Å². The van der Waals surface area contributed by atoms with Crippen molar-refractivity contribution in [2.45, 2.75) is 6.92 Å². The number of nitrogens with zero attached hydrogens (tertiary/aromatic N) is 2. The van der Waals surface area contributed by atoms with E-state index in [2.05, 4.69) is 163 Å². The van der Waals surface area contributed by atoms with Gasteiger partial charge in [-0.05, 0) is 80.6 Å². The molecular weight excluding hydrogens is 508 g/mol. The Hall–Kier alpha value is -5.47. The molecule has 0 unspecified atom stereocenters. The average Bonchev–Trinajstić information content (AvgIpc) is 3.39. The van der Waals surface area contributed by atoms with Crippen LogP contribution in [-0.2, 0) is 0 Å². The Morgan fingerprint density at radius 3 is 1.83 bits per heavy atom. The molecule has 0 radical (unpaired) electrons. The summed E-state index contributed by atoms with van der Waals surface area (Å²) in [5, 5.41) is 4.98. The molecule has 0 saturated heterocycles. The number of fused-ring (bicyclic) bond motifs is 3. The van der Waals surface area contributed by atoms with Crippen LogP contribution >= 0.6 is 0 Å². The first-order valence-corrected chi connectivity index (χ1v) is 14.4. The first kappa shape index (κ1) is 24.3. The van der Waals surface area contributed by atoms with E-state index in [0.29, 0.717) is 0 Å². The molecule has 198 valence electrons. The Kier molecular flexibility index (Phi) is 5.72. The number of imidazole rings is 1. The van der Waals surface area contributed by atoms with Gasteiger partial charge in [-0.25, -0.2) is 4.98 Å². The third kappa shape index (κ3) is 3.84. The van der Waals surface area contributed by atoms with E-state index < -0.39 is 0 Å². The maximum atomic E-state index is 4.91. The van der Waals surface area contributed by atoms with Crippen molar-refractivity contribution in [1.29, 1.82) is 0 Å². The predicted octanol–water partition coefficient (Wildman–Crippen LogP) is 10.6. The van der Waals surface area contributed by atoms with Crippen molar-refractivity contribution >= 4 is 32.6 Å². The molecule has 2 heteroatoms. The van der Waals surface area contributed by atoms with Crippen LogP contribution < -0.4 is 0 Å². The van der Waals surface area contributed by atoms with Gasteiger partial charge in [0.1, 0.15) is 5.82 Å². The maximum Gasteiger partial charge on any atom is 0.111 e. The molecule has 0 amide bonds. The lowest BCUT2D eigenvalue weighted by Crippen LogP contribution is -2.00. The molecule has 0 fully saturated rings. The molecule has 7 aromatic carbocycles. The second kappa shape index (κ2) is 9.87. The summed E-state index contributed by atoms with van der Waals surface area (Å²) in [6, 6.07) is 54.5. The third-order valence-electron chi connectivity index (χ3n) is 8.34. The van der Waals surface area contributed by atoms with Crippen LogP contribution in [0.15, 0.2) is 152 Å². The monoisotopic (exact) mass is 536 g/mol. The standard InChI is InChI=1S/C40H28N2/c1-27-41-36-21-11-13-23-38(36)42(27)37-22-12-10-20-34(37)40-32-19-9-8-18-31(32)39(29-16-6-3-7-17-29)35-26-30(24-25-33(35)40)28-14-4-2-5-15-28/h2-26H,1H3. The average molecular weight is 537 g/mol. The Labute approximate surface area is 245 Å². The number of aryl methyl sites for hydroxylation is 1. The van der Waals surface area contributed by atoms with E-state index in [0.717, 1.165) is 22.5 Å². The van der Waals surface area contributed by atoms with Crippen LogP contribution in [0.1, 0.15) is 5.82 Å². The van der Waals surface area contributed by atoms with Crippen molar-refractivity contribution in [3.8, 4) is 39.1 Å². The molecule has 1 aromatic heterocycles. The highest BCUT2D eigenvalue weighted by Crippen LogP contribution is 2.46. The number of para-hydroxylation sites is 3. The highest BCUT2D eigenvalue weighted by molar-refractivity contribution is 6.22. The van der Waals surface area contributed by atoms with Gasteiger partial charge in [-0.2, -0.15) is 0 Å². The van der Waals surface area contributed by atoms with Crippen molar-refractivity contribution < 1.29 is 0 Å². The van der Waals surface area contributed by atoms with E-state index >= 15 is 0 Å². The van der Waals surface area contributed by atoms with Crippen molar-refractivity contribution in [1.82, 2.24) is 9.55 Å². The van der Waals surface area contributed by atoms with E-state index in [1.165, 1.54) is 54.9 Å². The summed E-state index contributed by atoms with van der Waals surface area (Å²) in [6.07, 6.45) is 0. The number of hydrogen-bond acceptors (Lipinski definition) is 1. The summed E-state index contributed by atoms with van der Waals surface area (Å²) >= 11 is 0. The Morgan fingerprint density at radius 2 is 1.05 bits per heavy atom. The fraction of sp³-hybridized carbons (Fsp3) is 0.0250. The van der Waals surface area contributed by atoms with Gasteiger partial charge in [-0.1, -0.05) is 127 Å². The van der Waals surface area contributed by atoms with Gasteiger partial charge >= 0.3 is 0 Å². The van der Waals surface area contributed by atoms with Gasteiger partial charge in [0.2, 0.25) is 0 Å². The SMILES string of the molecule is Cc1nc2ccccc2n1-c1ccccc1-c1c2ccccc2c(-c2ccccc2)c2cc(-c3ccccc3)ccc12. The van der Waals surface area contributed by atoms with Gasteiger partial charge in [-0.3, -0.25) is 4.57 Å². The van der Waals surface area contributed by atoms with E-state index in [-0.39, 0.29) is 0 Å². The first-order chi connectivity index (χ1) is 20.8. The minimum atomic E-state index is 0.976. The van der Waals surface area contributed by atoms with Gasteiger partial charge in [0.25, 0.3) is 0 Å². The Bertz CT molecular complexity index is 2240. The van der Waals surface area contributed by atoms with Crippen LogP contribution in [0.25, 0.3) is 71.6 Å². The van der Waals surface area contributed by atoms with Gasteiger partial charge in [0.15, 0.2) is 0 Å². The lowest BCUT2D eigenvalue weighted by atomic mass is 9.84. The quantitative estimate of drug-likeness (QED) is 0.205. The summed E-state index contributed by atoms with van der Waals surface area (Å²) in [4.78, 5) is 4.91. The molecule has 0 aliphatic rings. The second-order valence-electron chi connectivity index (χ2n) is 10.8. The molecule has 0 atom stereocenters. The molecule has 0 bridgehead atoms. The highest BCUT2D eigenvalue weighted by atomic mass is 15.1.